The molecule has 0 aliphatic carbocycles. The summed E-state index contributed by atoms with van der Waals surface area (Å²) in [4.78, 5) is 17.0. The molecule has 1 aromatic carbocycles. The predicted octanol–water partition coefficient (Wildman–Crippen LogP) is 2.49. The van der Waals surface area contributed by atoms with Gasteiger partial charge in [0.2, 0.25) is 5.91 Å². The maximum atomic E-state index is 12.7. The Hall–Kier alpha value is -2.51. The van der Waals surface area contributed by atoms with Gasteiger partial charge in [-0.3, -0.25) is 9.48 Å². The number of benzene rings is 1. The monoisotopic (exact) mass is 353 g/mol. The van der Waals surface area contributed by atoms with Crippen LogP contribution in [0.1, 0.15) is 11.5 Å². The molecule has 1 amide bonds. The Labute approximate surface area is 149 Å². The van der Waals surface area contributed by atoms with Crippen LogP contribution in [-0.2, 0) is 11.8 Å². The maximum Gasteiger partial charge on any atom is 0.229 e. The Balaban J connectivity index is 1.46. The molecule has 25 heavy (non-hydrogen) atoms. The molecule has 3 heterocycles. The van der Waals surface area contributed by atoms with Gasteiger partial charge < -0.3 is 10.6 Å². The van der Waals surface area contributed by atoms with Crippen LogP contribution in [0.5, 0.6) is 0 Å². The molecule has 1 saturated heterocycles. The van der Waals surface area contributed by atoms with Crippen molar-refractivity contribution in [3.8, 4) is 10.6 Å². The van der Waals surface area contributed by atoms with E-state index in [1.165, 1.54) is 0 Å². The van der Waals surface area contributed by atoms with Gasteiger partial charge in [0.1, 0.15) is 5.01 Å². The van der Waals surface area contributed by atoms with Gasteiger partial charge in [0.25, 0.3) is 0 Å². The van der Waals surface area contributed by atoms with Crippen molar-refractivity contribution in [2.75, 3.05) is 18.4 Å². The van der Waals surface area contributed by atoms with Gasteiger partial charge in [0.05, 0.1) is 12.1 Å². The fraction of sp³-hybridized carbons (Fsp3) is 0.278. The topological polar surface area (TPSA) is 71.8 Å². The van der Waals surface area contributed by atoms with Crippen molar-refractivity contribution in [3.05, 3.63) is 53.8 Å². The molecule has 0 spiro atoms. The fourth-order valence-corrected chi connectivity index (χ4v) is 3.88. The van der Waals surface area contributed by atoms with E-state index in [1.807, 2.05) is 49.1 Å². The second-order valence-corrected chi connectivity index (χ2v) is 7.12. The summed E-state index contributed by atoms with van der Waals surface area (Å²) in [5, 5.41) is 13.5. The minimum absolute atomic E-state index is 0.0425. The first-order valence-electron chi connectivity index (χ1n) is 8.21. The second-order valence-electron chi connectivity index (χ2n) is 6.22. The highest BCUT2D eigenvalue weighted by molar-refractivity contribution is 7.13. The van der Waals surface area contributed by atoms with Crippen molar-refractivity contribution in [1.29, 1.82) is 0 Å². The molecule has 3 aromatic rings. The van der Waals surface area contributed by atoms with Crippen LogP contribution in [0.4, 0.5) is 5.69 Å². The average Bonchev–Trinajstić information content (AvgIpc) is 3.36. The third-order valence-corrected chi connectivity index (χ3v) is 5.36. The quantitative estimate of drug-likeness (QED) is 0.756. The van der Waals surface area contributed by atoms with E-state index < -0.39 is 0 Å². The lowest BCUT2D eigenvalue weighted by atomic mass is 9.90. The van der Waals surface area contributed by atoms with Gasteiger partial charge in [-0.1, -0.05) is 0 Å². The normalized spacial score (nSPS) is 19.9. The Bertz CT molecular complexity index is 856. The van der Waals surface area contributed by atoms with E-state index in [0.29, 0.717) is 6.54 Å². The zero-order valence-corrected chi connectivity index (χ0v) is 14.7. The number of nitrogens with zero attached hydrogens (tertiary/aromatic N) is 3. The molecule has 4 rings (SSSR count). The van der Waals surface area contributed by atoms with Gasteiger partial charge in [-0.25, -0.2) is 4.98 Å². The molecular formula is C18H19N5OS. The molecule has 7 heteroatoms. The molecule has 0 unspecified atom stereocenters. The molecule has 0 radical (unpaired) electrons. The molecule has 2 aromatic heterocycles. The van der Waals surface area contributed by atoms with Crippen molar-refractivity contribution in [3.63, 3.8) is 0 Å². The van der Waals surface area contributed by atoms with E-state index in [0.717, 1.165) is 28.4 Å². The van der Waals surface area contributed by atoms with Gasteiger partial charge in [-0.15, -0.1) is 11.3 Å². The highest BCUT2D eigenvalue weighted by Gasteiger charge is 2.34. The highest BCUT2D eigenvalue weighted by Crippen LogP contribution is 2.29. The molecule has 2 atom stereocenters. The van der Waals surface area contributed by atoms with Crippen LogP contribution in [0.15, 0.2) is 48.2 Å². The van der Waals surface area contributed by atoms with E-state index in [4.69, 9.17) is 0 Å². The SMILES string of the molecule is Cn1cc([C@H]2CNC[C@@H]2C(=O)Nc2ccc(-c3nccs3)cc2)cn1. The number of nitrogens with one attached hydrogen (secondary N) is 2. The summed E-state index contributed by atoms with van der Waals surface area (Å²) < 4.78 is 1.78. The van der Waals surface area contributed by atoms with E-state index in [2.05, 4.69) is 20.7 Å². The van der Waals surface area contributed by atoms with Crippen molar-refractivity contribution in [2.45, 2.75) is 5.92 Å². The Morgan fingerprint density at radius 1 is 1.32 bits per heavy atom. The molecule has 0 saturated carbocycles. The van der Waals surface area contributed by atoms with Crippen molar-refractivity contribution in [2.24, 2.45) is 13.0 Å². The Morgan fingerprint density at radius 3 is 2.84 bits per heavy atom. The zero-order chi connectivity index (χ0) is 17.2. The summed E-state index contributed by atoms with van der Waals surface area (Å²) in [7, 11) is 1.89. The number of aryl methyl sites for hydroxylation is 1. The van der Waals surface area contributed by atoms with Crippen LogP contribution < -0.4 is 10.6 Å². The van der Waals surface area contributed by atoms with Crippen molar-refractivity contribution >= 4 is 22.9 Å². The summed E-state index contributed by atoms with van der Waals surface area (Å²) in [5.41, 5.74) is 2.97. The predicted molar refractivity (Wildman–Crippen MR) is 98.5 cm³/mol. The number of rotatable bonds is 4. The number of aromatic nitrogens is 3. The Morgan fingerprint density at radius 2 is 2.16 bits per heavy atom. The largest absolute Gasteiger partial charge is 0.326 e. The van der Waals surface area contributed by atoms with Crippen LogP contribution >= 0.6 is 11.3 Å². The maximum absolute atomic E-state index is 12.7. The van der Waals surface area contributed by atoms with Gasteiger partial charge in [0, 0.05) is 55.1 Å². The van der Waals surface area contributed by atoms with Gasteiger partial charge in [-0.05, 0) is 29.8 Å². The summed E-state index contributed by atoms with van der Waals surface area (Å²) in [6.45, 7) is 1.48. The van der Waals surface area contributed by atoms with Crippen LogP contribution in [0.2, 0.25) is 0 Å². The molecule has 1 aliphatic heterocycles. The van der Waals surface area contributed by atoms with Gasteiger partial charge >= 0.3 is 0 Å². The number of carbonyl (C=O) groups excluding carboxylic acids is 1. The number of hydrogen-bond donors (Lipinski definition) is 2. The lowest BCUT2D eigenvalue weighted by Gasteiger charge is -2.17. The first-order chi connectivity index (χ1) is 12.2. The van der Waals surface area contributed by atoms with E-state index in [-0.39, 0.29) is 17.7 Å². The fourth-order valence-electron chi connectivity index (χ4n) is 3.23. The van der Waals surface area contributed by atoms with Crippen LogP contribution in [0, 0.1) is 5.92 Å². The first-order valence-corrected chi connectivity index (χ1v) is 9.09. The molecule has 1 aliphatic rings. The molecule has 0 bridgehead atoms. The lowest BCUT2D eigenvalue weighted by molar-refractivity contribution is -0.119. The minimum Gasteiger partial charge on any atom is -0.326 e. The third-order valence-electron chi connectivity index (χ3n) is 4.54. The average molecular weight is 353 g/mol. The molecule has 1 fully saturated rings. The standard InChI is InChI=1S/C18H19N5OS/c1-23-11-13(8-21-23)15-9-19-10-16(15)17(24)22-14-4-2-12(3-5-14)18-20-6-7-25-18/h2-8,11,15-16,19H,9-10H2,1H3,(H,22,24)/t15-,16+/m1/s1. The molecule has 128 valence electrons. The van der Waals surface area contributed by atoms with Crippen molar-refractivity contribution < 1.29 is 4.79 Å². The van der Waals surface area contributed by atoms with Crippen LogP contribution in [0.3, 0.4) is 0 Å². The van der Waals surface area contributed by atoms with E-state index >= 15 is 0 Å². The first kappa shape index (κ1) is 16.0. The van der Waals surface area contributed by atoms with Crippen LogP contribution in [0.25, 0.3) is 10.6 Å². The summed E-state index contributed by atoms with van der Waals surface area (Å²) in [6.07, 6.45) is 5.63. The number of thiazole rings is 1. The summed E-state index contributed by atoms with van der Waals surface area (Å²) in [5.74, 6) is 0.104. The van der Waals surface area contributed by atoms with Crippen LogP contribution in [-0.4, -0.2) is 33.8 Å². The Kier molecular flexibility index (Phi) is 4.33. The van der Waals surface area contributed by atoms with E-state index in [9.17, 15) is 4.79 Å². The molecular weight excluding hydrogens is 334 g/mol. The van der Waals surface area contributed by atoms with Gasteiger partial charge in [0.15, 0.2) is 0 Å². The lowest BCUT2D eigenvalue weighted by Crippen LogP contribution is -2.28. The number of amides is 1. The highest BCUT2D eigenvalue weighted by atomic mass is 32.1. The molecule has 2 N–H and O–H groups in total. The summed E-state index contributed by atoms with van der Waals surface area (Å²) in [6, 6.07) is 7.83. The second kappa shape index (κ2) is 6.78. The summed E-state index contributed by atoms with van der Waals surface area (Å²) >= 11 is 1.60. The number of carbonyl (C=O) groups is 1. The van der Waals surface area contributed by atoms with Crippen molar-refractivity contribution in [1.82, 2.24) is 20.1 Å². The molecule has 6 nitrogen and oxygen atoms in total. The zero-order valence-electron chi connectivity index (χ0n) is 13.8. The smallest absolute Gasteiger partial charge is 0.229 e. The van der Waals surface area contributed by atoms with Gasteiger partial charge in [-0.2, -0.15) is 5.10 Å². The van der Waals surface area contributed by atoms with E-state index in [1.54, 1.807) is 22.2 Å². The number of hydrogen-bond acceptors (Lipinski definition) is 5. The number of anilines is 1. The minimum atomic E-state index is -0.0946. The third kappa shape index (κ3) is 3.33.